The van der Waals surface area contributed by atoms with E-state index in [1.54, 1.807) is 6.07 Å². The number of nitrogens with zero attached hydrogens (tertiary/aromatic N) is 1. The van der Waals surface area contributed by atoms with E-state index in [2.05, 4.69) is 0 Å². The molecule has 6 nitrogen and oxygen atoms in total. The standard InChI is InChI=1S/C13H20N2O4S/c1-18-12-6-5-11(8-13(12)19-2)20(16,17)15-7-3-4-10(15)9-14/h5-6,8,10H,3-4,7,9,14H2,1-2H3/t10-/m0/s1. The predicted octanol–water partition coefficient (Wildman–Crippen LogP) is 0.816. The molecule has 1 aliphatic heterocycles. The molecule has 1 aromatic rings. The zero-order valence-electron chi connectivity index (χ0n) is 11.7. The largest absolute Gasteiger partial charge is 0.493 e. The van der Waals surface area contributed by atoms with E-state index in [1.807, 2.05) is 0 Å². The normalized spacial score (nSPS) is 20.1. The van der Waals surface area contributed by atoms with Gasteiger partial charge in [0.1, 0.15) is 0 Å². The first-order valence-electron chi connectivity index (χ1n) is 6.48. The first kappa shape index (κ1) is 15.1. The van der Waals surface area contributed by atoms with E-state index in [-0.39, 0.29) is 10.9 Å². The summed E-state index contributed by atoms with van der Waals surface area (Å²) in [5, 5.41) is 0. The summed E-state index contributed by atoms with van der Waals surface area (Å²) >= 11 is 0. The molecule has 0 saturated carbocycles. The number of hydrogen-bond donors (Lipinski definition) is 1. The molecule has 0 bridgehead atoms. The Kier molecular flexibility index (Phi) is 4.52. The lowest BCUT2D eigenvalue weighted by Gasteiger charge is -2.23. The number of benzene rings is 1. The number of sulfonamides is 1. The number of methoxy groups -OCH3 is 2. The van der Waals surface area contributed by atoms with Crippen molar-refractivity contribution in [2.75, 3.05) is 27.3 Å². The molecule has 0 amide bonds. The minimum atomic E-state index is -3.54. The Hall–Kier alpha value is -1.31. The van der Waals surface area contributed by atoms with Gasteiger partial charge in [-0.2, -0.15) is 4.31 Å². The topological polar surface area (TPSA) is 81.9 Å². The Bertz CT molecular complexity index is 574. The molecule has 2 N–H and O–H groups in total. The molecule has 1 fully saturated rings. The highest BCUT2D eigenvalue weighted by atomic mass is 32.2. The van der Waals surface area contributed by atoms with Gasteiger partial charge in [0.2, 0.25) is 10.0 Å². The average Bonchev–Trinajstić information content (AvgIpc) is 2.95. The molecule has 1 atom stereocenters. The van der Waals surface area contributed by atoms with E-state index in [9.17, 15) is 8.42 Å². The van der Waals surface area contributed by atoms with Crippen molar-refractivity contribution >= 4 is 10.0 Å². The van der Waals surface area contributed by atoms with Gasteiger partial charge < -0.3 is 15.2 Å². The maximum Gasteiger partial charge on any atom is 0.243 e. The average molecular weight is 300 g/mol. The van der Waals surface area contributed by atoms with Gasteiger partial charge in [-0.1, -0.05) is 0 Å². The Morgan fingerprint density at radius 3 is 2.60 bits per heavy atom. The van der Waals surface area contributed by atoms with Crippen LogP contribution in [0.3, 0.4) is 0 Å². The lowest BCUT2D eigenvalue weighted by molar-refractivity contribution is 0.353. The Morgan fingerprint density at radius 2 is 2.00 bits per heavy atom. The number of nitrogens with two attached hydrogens (primary N) is 1. The fraction of sp³-hybridized carbons (Fsp3) is 0.538. The predicted molar refractivity (Wildman–Crippen MR) is 75.5 cm³/mol. The smallest absolute Gasteiger partial charge is 0.243 e. The molecule has 1 aromatic carbocycles. The fourth-order valence-corrected chi connectivity index (χ4v) is 4.19. The molecule has 0 aromatic heterocycles. The summed E-state index contributed by atoms with van der Waals surface area (Å²) in [6, 6.07) is 4.50. The molecule has 0 radical (unpaired) electrons. The van der Waals surface area contributed by atoms with Gasteiger partial charge in [-0.05, 0) is 25.0 Å². The van der Waals surface area contributed by atoms with Gasteiger partial charge in [-0.3, -0.25) is 0 Å². The van der Waals surface area contributed by atoms with Crippen LogP contribution in [-0.2, 0) is 10.0 Å². The van der Waals surface area contributed by atoms with Gasteiger partial charge in [0, 0.05) is 25.2 Å². The first-order chi connectivity index (χ1) is 9.54. The molecule has 2 rings (SSSR count). The Morgan fingerprint density at radius 1 is 1.30 bits per heavy atom. The molecule has 1 heterocycles. The van der Waals surface area contributed by atoms with Crippen LogP contribution in [0.25, 0.3) is 0 Å². The van der Waals surface area contributed by atoms with E-state index in [1.165, 1.54) is 30.7 Å². The molecule has 7 heteroatoms. The van der Waals surface area contributed by atoms with Gasteiger partial charge in [-0.15, -0.1) is 0 Å². The molecule has 0 aliphatic carbocycles. The number of ether oxygens (including phenoxy) is 2. The summed E-state index contributed by atoms with van der Waals surface area (Å²) in [4.78, 5) is 0.204. The van der Waals surface area contributed by atoms with Crippen LogP contribution in [0, 0.1) is 0 Å². The minimum Gasteiger partial charge on any atom is -0.493 e. The van der Waals surface area contributed by atoms with Crippen LogP contribution >= 0.6 is 0 Å². The van der Waals surface area contributed by atoms with Crippen molar-refractivity contribution in [2.45, 2.75) is 23.8 Å². The van der Waals surface area contributed by atoms with Crippen molar-refractivity contribution < 1.29 is 17.9 Å². The van der Waals surface area contributed by atoms with E-state index in [4.69, 9.17) is 15.2 Å². The highest BCUT2D eigenvalue weighted by Crippen LogP contribution is 2.32. The van der Waals surface area contributed by atoms with Gasteiger partial charge in [0.05, 0.1) is 19.1 Å². The molecular weight excluding hydrogens is 280 g/mol. The van der Waals surface area contributed by atoms with Gasteiger partial charge >= 0.3 is 0 Å². The highest BCUT2D eigenvalue weighted by Gasteiger charge is 2.34. The van der Waals surface area contributed by atoms with Crippen molar-refractivity contribution in [2.24, 2.45) is 5.73 Å². The zero-order chi connectivity index (χ0) is 14.8. The molecule has 1 saturated heterocycles. The second-order valence-corrected chi connectivity index (χ2v) is 6.55. The lowest BCUT2D eigenvalue weighted by Crippen LogP contribution is -2.39. The maximum atomic E-state index is 12.6. The summed E-state index contributed by atoms with van der Waals surface area (Å²) in [5.41, 5.74) is 5.65. The van der Waals surface area contributed by atoms with Crippen molar-refractivity contribution in [3.63, 3.8) is 0 Å². The fourth-order valence-electron chi connectivity index (χ4n) is 2.47. The van der Waals surface area contributed by atoms with Crippen molar-refractivity contribution in [3.05, 3.63) is 18.2 Å². The summed E-state index contributed by atoms with van der Waals surface area (Å²) in [7, 11) is -0.550. The number of rotatable bonds is 5. The van der Waals surface area contributed by atoms with Crippen molar-refractivity contribution in [1.82, 2.24) is 4.31 Å². The van der Waals surface area contributed by atoms with Crippen LogP contribution in [0.1, 0.15) is 12.8 Å². The summed E-state index contributed by atoms with van der Waals surface area (Å²) in [5.74, 6) is 0.903. The zero-order valence-corrected chi connectivity index (χ0v) is 12.5. The van der Waals surface area contributed by atoms with Crippen molar-refractivity contribution in [3.8, 4) is 11.5 Å². The van der Waals surface area contributed by atoms with Gasteiger partial charge in [0.15, 0.2) is 11.5 Å². The molecule has 0 unspecified atom stereocenters. The molecular formula is C13H20N2O4S. The summed E-state index contributed by atoms with van der Waals surface area (Å²) < 4.78 is 37.0. The Labute approximate surface area is 119 Å². The SMILES string of the molecule is COc1ccc(S(=O)(=O)N2CCC[C@H]2CN)cc1OC. The second kappa shape index (κ2) is 5.99. The molecule has 112 valence electrons. The quantitative estimate of drug-likeness (QED) is 0.870. The van der Waals surface area contributed by atoms with Crippen LogP contribution in [0.2, 0.25) is 0 Å². The molecule has 0 spiro atoms. The van der Waals surface area contributed by atoms with Gasteiger partial charge in [-0.25, -0.2) is 8.42 Å². The third-order valence-corrected chi connectivity index (χ3v) is 5.50. The summed E-state index contributed by atoms with van der Waals surface area (Å²) in [6.07, 6.45) is 1.65. The maximum absolute atomic E-state index is 12.6. The van der Waals surface area contributed by atoms with Crippen LogP contribution in [0.4, 0.5) is 0 Å². The van der Waals surface area contributed by atoms with E-state index >= 15 is 0 Å². The van der Waals surface area contributed by atoms with E-state index < -0.39 is 10.0 Å². The third kappa shape index (κ3) is 2.61. The van der Waals surface area contributed by atoms with E-state index in [0.29, 0.717) is 24.6 Å². The van der Waals surface area contributed by atoms with Crippen LogP contribution in [-0.4, -0.2) is 46.1 Å². The lowest BCUT2D eigenvalue weighted by atomic mass is 10.2. The molecule has 20 heavy (non-hydrogen) atoms. The van der Waals surface area contributed by atoms with Crippen LogP contribution in [0.15, 0.2) is 23.1 Å². The van der Waals surface area contributed by atoms with Crippen LogP contribution < -0.4 is 15.2 Å². The Balaban J connectivity index is 2.39. The number of hydrogen-bond acceptors (Lipinski definition) is 5. The second-order valence-electron chi connectivity index (χ2n) is 4.66. The first-order valence-corrected chi connectivity index (χ1v) is 7.92. The monoisotopic (exact) mass is 300 g/mol. The summed E-state index contributed by atoms with van der Waals surface area (Å²) in [6.45, 7) is 0.852. The van der Waals surface area contributed by atoms with Crippen LogP contribution in [0.5, 0.6) is 11.5 Å². The minimum absolute atomic E-state index is 0.118. The molecule has 1 aliphatic rings. The van der Waals surface area contributed by atoms with E-state index in [0.717, 1.165) is 12.8 Å². The van der Waals surface area contributed by atoms with Gasteiger partial charge in [0.25, 0.3) is 0 Å². The third-order valence-electron chi connectivity index (χ3n) is 3.56. The highest BCUT2D eigenvalue weighted by molar-refractivity contribution is 7.89. The van der Waals surface area contributed by atoms with Crippen molar-refractivity contribution in [1.29, 1.82) is 0 Å².